The van der Waals surface area contributed by atoms with Crippen LogP contribution in [0.1, 0.15) is 17.4 Å². The molecule has 120 valence electrons. The van der Waals surface area contributed by atoms with Crippen molar-refractivity contribution >= 4 is 28.3 Å². The normalized spacial score (nSPS) is 11.7. The van der Waals surface area contributed by atoms with Gasteiger partial charge in [-0.3, -0.25) is 9.78 Å². The first-order valence-corrected chi connectivity index (χ1v) is 7.41. The summed E-state index contributed by atoms with van der Waals surface area (Å²) in [6, 6.07) is 13.3. The lowest BCUT2D eigenvalue weighted by molar-refractivity contribution is -0.123. The zero-order chi connectivity index (χ0) is 16.9. The third-order valence-corrected chi connectivity index (χ3v) is 3.47. The first-order valence-electron chi connectivity index (χ1n) is 7.41. The Morgan fingerprint density at radius 2 is 1.88 bits per heavy atom. The number of amides is 1. The van der Waals surface area contributed by atoms with Crippen LogP contribution in [0.2, 0.25) is 0 Å². The highest BCUT2D eigenvalue weighted by molar-refractivity contribution is 6.04. The van der Waals surface area contributed by atoms with E-state index in [4.69, 9.17) is 4.74 Å². The predicted octanol–water partition coefficient (Wildman–Crippen LogP) is 2.81. The molecule has 0 fully saturated rings. The van der Waals surface area contributed by atoms with Crippen LogP contribution in [0.25, 0.3) is 10.8 Å². The van der Waals surface area contributed by atoms with E-state index in [1.165, 1.54) is 25.5 Å². The van der Waals surface area contributed by atoms with Crippen LogP contribution in [0.15, 0.2) is 61.1 Å². The number of benzene rings is 2. The van der Waals surface area contributed by atoms with Crippen LogP contribution in [0.4, 0.5) is 5.69 Å². The minimum atomic E-state index is -0.960. The van der Waals surface area contributed by atoms with Crippen LogP contribution in [0, 0.1) is 0 Å². The van der Waals surface area contributed by atoms with Crippen LogP contribution in [0.5, 0.6) is 0 Å². The van der Waals surface area contributed by atoms with Crippen LogP contribution in [-0.4, -0.2) is 27.9 Å². The number of anilines is 1. The molecule has 1 heterocycles. The van der Waals surface area contributed by atoms with E-state index in [1.807, 2.05) is 36.4 Å². The molecule has 3 aromatic rings. The van der Waals surface area contributed by atoms with Gasteiger partial charge in [-0.25, -0.2) is 9.78 Å². The average Bonchev–Trinajstić information content (AvgIpc) is 2.62. The lowest BCUT2D eigenvalue weighted by Crippen LogP contribution is -2.30. The molecule has 0 bridgehead atoms. The number of nitrogens with one attached hydrogen (secondary N) is 1. The summed E-state index contributed by atoms with van der Waals surface area (Å²) in [6.45, 7) is 1.51. The molecule has 1 amide bonds. The van der Waals surface area contributed by atoms with Gasteiger partial charge >= 0.3 is 5.97 Å². The second-order valence-corrected chi connectivity index (χ2v) is 5.15. The summed E-state index contributed by atoms with van der Waals surface area (Å²) in [4.78, 5) is 31.9. The fourth-order valence-electron chi connectivity index (χ4n) is 2.25. The SMILES string of the molecule is C[C@@H](OC(=O)c1cnccn1)C(=O)Nc1cccc2ccccc12. The highest BCUT2D eigenvalue weighted by atomic mass is 16.5. The molecule has 24 heavy (non-hydrogen) atoms. The second-order valence-electron chi connectivity index (χ2n) is 5.15. The first kappa shape index (κ1) is 15.6. The highest BCUT2D eigenvalue weighted by Crippen LogP contribution is 2.23. The van der Waals surface area contributed by atoms with Gasteiger partial charge < -0.3 is 10.1 Å². The molecule has 1 aromatic heterocycles. The molecule has 0 saturated carbocycles. The van der Waals surface area contributed by atoms with Crippen molar-refractivity contribution in [2.45, 2.75) is 13.0 Å². The summed E-state index contributed by atoms with van der Waals surface area (Å²) in [7, 11) is 0. The molecule has 1 N–H and O–H groups in total. The topological polar surface area (TPSA) is 81.2 Å². The van der Waals surface area contributed by atoms with Gasteiger partial charge in [0.2, 0.25) is 0 Å². The van der Waals surface area contributed by atoms with Crippen molar-refractivity contribution in [3.8, 4) is 0 Å². The van der Waals surface area contributed by atoms with E-state index in [0.717, 1.165) is 10.8 Å². The highest BCUT2D eigenvalue weighted by Gasteiger charge is 2.20. The molecule has 0 aliphatic carbocycles. The number of esters is 1. The van der Waals surface area contributed by atoms with E-state index in [0.29, 0.717) is 5.69 Å². The summed E-state index contributed by atoms with van der Waals surface area (Å²) < 4.78 is 5.13. The van der Waals surface area contributed by atoms with Gasteiger partial charge in [-0.05, 0) is 18.4 Å². The molecule has 6 nitrogen and oxygen atoms in total. The zero-order valence-electron chi connectivity index (χ0n) is 13.0. The average molecular weight is 321 g/mol. The summed E-state index contributed by atoms with van der Waals surface area (Å²) >= 11 is 0. The van der Waals surface area contributed by atoms with Crippen LogP contribution >= 0.6 is 0 Å². The molecule has 0 aliphatic rings. The number of hydrogen-bond donors (Lipinski definition) is 1. The van der Waals surface area contributed by atoms with Gasteiger partial charge in [0.05, 0.1) is 6.20 Å². The van der Waals surface area contributed by atoms with Gasteiger partial charge in [0.1, 0.15) is 0 Å². The molecule has 3 rings (SSSR count). The van der Waals surface area contributed by atoms with Crippen LogP contribution in [0.3, 0.4) is 0 Å². The van der Waals surface area contributed by atoms with Gasteiger partial charge in [0.25, 0.3) is 5.91 Å². The van der Waals surface area contributed by atoms with E-state index in [1.54, 1.807) is 6.07 Å². The van der Waals surface area contributed by atoms with Gasteiger partial charge in [0.15, 0.2) is 11.8 Å². The van der Waals surface area contributed by atoms with Gasteiger partial charge in [0, 0.05) is 23.5 Å². The maximum atomic E-state index is 12.3. The number of ether oxygens (including phenoxy) is 1. The Bertz CT molecular complexity index is 876. The Morgan fingerprint density at radius 3 is 2.67 bits per heavy atom. The van der Waals surface area contributed by atoms with E-state index >= 15 is 0 Å². The molecule has 0 spiro atoms. The van der Waals surface area contributed by atoms with Crippen molar-refractivity contribution in [1.29, 1.82) is 0 Å². The van der Waals surface area contributed by atoms with Crippen molar-refractivity contribution in [3.05, 3.63) is 66.7 Å². The van der Waals surface area contributed by atoms with Crippen LogP contribution in [-0.2, 0) is 9.53 Å². The van der Waals surface area contributed by atoms with E-state index in [2.05, 4.69) is 15.3 Å². The number of fused-ring (bicyclic) bond motifs is 1. The zero-order valence-corrected chi connectivity index (χ0v) is 13.0. The molecular weight excluding hydrogens is 306 g/mol. The molecular formula is C18H15N3O3. The summed E-state index contributed by atoms with van der Waals surface area (Å²) in [5, 5.41) is 4.72. The Morgan fingerprint density at radius 1 is 1.08 bits per heavy atom. The maximum absolute atomic E-state index is 12.3. The fourth-order valence-corrected chi connectivity index (χ4v) is 2.25. The minimum absolute atomic E-state index is 0.0577. The first-order chi connectivity index (χ1) is 11.6. The Labute approximate surface area is 138 Å². The molecule has 0 aliphatic heterocycles. The third-order valence-electron chi connectivity index (χ3n) is 3.47. The smallest absolute Gasteiger partial charge is 0.359 e. The predicted molar refractivity (Wildman–Crippen MR) is 89.5 cm³/mol. The lowest BCUT2D eigenvalue weighted by atomic mass is 10.1. The molecule has 1 atom stereocenters. The quantitative estimate of drug-likeness (QED) is 0.747. The van der Waals surface area contributed by atoms with Crippen molar-refractivity contribution < 1.29 is 14.3 Å². The Kier molecular flexibility index (Phi) is 4.47. The number of nitrogens with zero attached hydrogens (tertiary/aromatic N) is 2. The fraction of sp³-hybridized carbons (Fsp3) is 0.111. The van der Waals surface area contributed by atoms with E-state index < -0.39 is 18.0 Å². The van der Waals surface area contributed by atoms with Crippen molar-refractivity contribution in [3.63, 3.8) is 0 Å². The van der Waals surface area contributed by atoms with Gasteiger partial charge in [-0.15, -0.1) is 0 Å². The van der Waals surface area contributed by atoms with Gasteiger partial charge in [-0.2, -0.15) is 0 Å². The molecule has 2 aromatic carbocycles. The maximum Gasteiger partial charge on any atom is 0.359 e. The summed E-state index contributed by atoms with van der Waals surface area (Å²) in [5.41, 5.74) is 0.725. The lowest BCUT2D eigenvalue weighted by Gasteiger charge is -2.14. The summed E-state index contributed by atoms with van der Waals surface area (Å²) in [6.07, 6.45) is 3.17. The molecule has 0 saturated heterocycles. The number of rotatable bonds is 4. The second kappa shape index (κ2) is 6.87. The Hall–Kier alpha value is -3.28. The monoisotopic (exact) mass is 321 g/mol. The molecule has 6 heteroatoms. The van der Waals surface area contributed by atoms with Crippen molar-refractivity contribution in [1.82, 2.24) is 9.97 Å². The van der Waals surface area contributed by atoms with E-state index in [-0.39, 0.29) is 5.69 Å². The number of hydrogen-bond acceptors (Lipinski definition) is 5. The number of carbonyl (C=O) groups excluding carboxylic acids is 2. The van der Waals surface area contributed by atoms with E-state index in [9.17, 15) is 9.59 Å². The number of carbonyl (C=O) groups is 2. The standard InChI is InChI=1S/C18H15N3O3/c1-12(24-18(23)16-11-19-9-10-20-16)17(22)21-15-8-4-6-13-5-2-3-7-14(13)15/h2-12H,1H3,(H,21,22)/t12-/m1/s1. The Balaban J connectivity index is 1.71. The van der Waals surface area contributed by atoms with Crippen molar-refractivity contribution in [2.75, 3.05) is 5.32 Å². The summed E-state index contributed by atoms with van der Waals surface area (Å²) in [5.74, 6) is -1.10. The number of aromatic nitrogens is 2. The van der Waals surface area contributed by atoms with Crippen LogP contribution < -0.4 is 5.32 Å². The van der Waals surface area contributed by atoms with Gasteiger partial charge in [-0.1, -0.05) is 36.4 Å². The third kappa shape index (κ3) is 3.38. The van der Waals surface area contributed by atoms with Crippen molar-refractivity contribution in [2.24, 2.45) is 0 Å². The minimum Gasteiger partial charge on any atom is -0.448 e. The molecule has 0 unspecified atom stereocenters. The molecule has 0 radical (unpaired) electrons. The largest absolute Gasteiger partial charge is 0.448 e.